The normalized spacial score (nSPS) is 25.6. The molecule has 2 atom stereocenters. The third-order valence-electron chi connectivity index (χ3n) is 4.93. The molecule has 1 aromatic carbocycles. The van der Waals surface area contributed by atoms with Crippen LogP contribution in [0.25, 0.3) is 0 Å². The van der Waals surface area contributed by atoms with Crippen molar-refractivity contribution in [3.8, 4) is 0 Å². The van der Waals surface area contributed by atoms with Gasteiger partial charge >= 0.3 is 0 Å². The smallest absolute Gasteiger partial charge is 0.193 e. The van der Waals surface area contributed by atoms with Crippen LogP contribution in [0.2, 0.25) is 0 Å². The molecule has 2 heterocycles. The first-order valence-corrected chi connectivity index (χ1v) is 7.55. The van der Waals surface area contributed by atoms with Gasteiger partial charge in [0.05, 0.1) is 12.1 Å². The molecule has 0 saturated carbocycles. The Hall–Kier alpha value is -2.24. The van der Waals surface area contributed by atoms with Crippen LogP contribution >= 0.6 is 0 Å². The fraction of sp³-hybridized carbons (Fsp3) is 0.500. The van der Waals surface area contributed by atoms with Gasteiger partial charge < -0.3 is 19.6 Å². The molecule has 0 amide bonds. The highest BCUT2D eigenvalue weighted by molar-refractivity contribution is 5.80. The lowest BCUT2D eigenvalue weighted by Crippen LogP contribution is -2.29. The summed E-state index contributed by atoms with van der Waals surface area (Å²) in [4.78, 5) is 8.02. The maximum atomic E-state index is 8.12. The predicted molar refractivity (Wildman–Crippen MR) is 88.2 cm³/mol. The quantitative estimate of drug-likeness (QED) is 0.866. The second-order valence-corrected chi connectivity index (χ2v) is 6.29. The Balaban J connectivity index is 1.98. The van der Waals surface area contributed by atoms with Crippen LogP contribution in [0.5, 0.6) is 0 Å². The Morgan fingerprint density at radius 2 is 1.14 bits per heavy atom. The predicted octanol–water partition coefficient (Wildman–Crippen LogP) is 1.39. The van der Waals surface area contributed by atoms with Crippen molar-refractivity contribution in [2.45, 2.75) is 12.1 Å². The third-order valence-corrected chi connectivity index (χ3v) is 4.93. The zero-order chi connectivity index (χ0) is 16.0. The minimum absolute atomic E-state index is 0.196. The van der Waals surface area contributed by atoms with Crippen LogP contribution in [-0.4, -0.2) is 72.8 Å². The molecule has 1 aromatic rings. The summed E-state index contributed by atoms with van der Waals surface area (Å²) < 4.78 is 0. The Morgan fingerprint density at radius 1 is 0.773 bits per heavy atom. The van der Waals surface area contributed by atoms with Crippen molar-refractivity contribution in [1.29, 1.82) is 10.8 Å². The molecule has 2 N–H and O–H groups in total. The van der Waals surface area contributed by atoms with Gasteiger partial charge in [-0.05, 0) is 11.1 Å². The molecule has 2 saturated heterocycles. The molecule has 0 radical (unpaired) electrons. The topological polar surface area (TPSA) is 60.7 Å². The lowest BCUT2D eigenvalue weighted by molar-refractivity contribution is 0.380. The maximum Gasteiger partial charge on any atom is 0.193 e. The molecule has 2 unspecified atom stereocenters. The van der Waals surface area contributed by atoms with Gasteiger partial charge in [0.25, 0.3) is 0 Å². The van der Waals surface area contributed by atoms with Gasteiger partial charge in [-0.15, -0.1) is 0 Å². The van der Waals surface area contributed by atoms with E-state index in [-0.39, 0.29) is 12.1 Å². The molecular formula is C16H24N6. The lowest BCUT2D eigenvalue weighted by atomic mass is 9.94. The van der Waals surface area contributed by atoms with Gasteiger partial charge in [-0.3, -0.25) is 10.8 Å². The van der Waals surface area contributed by atoms with Gasteiger partial charge in [-0.2, -0.15) is 0 Å². The molecule has 6 nitrogen and oxygen atoms in total. The van der Waals surface area contributed by atoms with E-state index in [1.165, 1.54) is 11.1 Å². The van der Waals surface area contributed by atoms with Gasteiger partial charge in [0.1, 0.15) is 0 Å². The van der Waals surface area contributed by atoms with Gasteiger partial charge in [0.2, 0.25) is 0 Å². The molecule has 2 fully saturated rings. The van der Waals surface area contributed by atoms with E-state index in [0.29, 0.717) is 11.9 Å². The Bertz CT molecular complexity index is 559. The summed E-state index contributed by atoms with van der Waals surface area (Å²) in [6.45, 7) is 1.66. The molecule has 118 valence electrons. The summed E-state index contributed by atoms with van der Waals surface area (Å²) in [6, 6.07) is 8.86. The van der Waals surface area contributed by atoms with E-state index < -0.39 is 0 Å². The molecule has 2 aliphatic rings. The molecule has 0 spiro atoms. The number of nitrogens with zero attached hydrogens (tertiary/aromatic N) is 4. The van der Waals surface area contributed by atoms with E-state index in [1.807, 2.05) is 47.8 Å². The van der Waals surface area contributed by atoms with Gasteiger partial charge in [-0.1, -0.05) is 24.3 Å². The molecule has 6 heteroatoms. The summed E-state index contributed by atoms with van der Waals surface area (Å²) >= 11 is 0. The van der Waals surface area contributed by atoms with E-state index in [9.17, 15) is 0 Å². The van der Waals surface area contributed by atoms with Crippen molar-refractivity contribution >= 4 is 11.9 Å². The fourth-order valence-electron chi connectivity index (χ4n) is 3.50. The van der Waals surface area contributed by atoms with Gasteiger partial charge in [0.15, 0.2) is 11.9 Å². The summed E-state index contributed by atoms with van der Waals surface area (Å²) in [5, 5.41) is 16.2. The first-order chi connectivity index (χ1) is 10.4. The van der Waals surface area contributed by atoms with Crippen LogP contribution in [-0.2, 0) is 0 Å². The fourth-order valence-corrected chi connectivity index (χ4v) is 3.50. The zero-order valence-electron chi connectivity index (χ0n) is 13.7. The van der Waals surface area contributed by atoms with E-state index in [1.54, 1.807) is 0 Å². The van der Waals surface area contributed by atoms with Crippen LogP contribution in [0.1, 0.15) is 23.2 Å². The molecule has 0 aromatic heterocycles. The maximum absolute atomic E-state index is 8.12. The van der Waals surface area contributed by atoms with E-state index in [2.05, 4.69) is 24.3 Å². The van der Waals surface area contributed by atoms with Crippen LogP contribution in [0.15, 0.2) is 24.3 Å². The Kier molecular flexibility index (Phi) is 3.47. The molecule has 2 aliphatic heterocycles. The molecule has 3 rings (SSSR count). The number of guanidine groups is 2. The number of benzene rings is 1. The largest absolute Gasteiger partial charge is 0.344 e. The van der Waals surface area contributed by atoms with Crippen molar-refractivity contribution in [1.82, 2.24) is 19.6 Å². The zero-order valence-corrected chi connectivity index (χ0v) is 13.7. The van der Waals surface area contributed by atoms with Crippen molar-refractivity contribution < 1.29 is 0 Å². The second kappa shape index (κ2) is 5.19. The first kappa shape index (κ1) is 14.7. The Morgan fingerprint density at radius 3 is 1.41 bits per heavy atom. The van der Waals surface area contributed by atoms with Crippen molar-refractivity contribution in [2.24, 2.45) is 0 Å². The number of hydrogen-bond donors (Lipinski definition) is 2. The van der Waals surface area contributed by atoms with Crippen molar-refractivity contribution in [3.05, 3.63) is 35.4 Å². The van der Waals surface area contributed by atoms with E-state index in [0.717, 1.165) is 13.1 Å². The van der Waals surface area contributed by atoms with Gasteiger partial charge in [-0.25, -0.2) is 0 Å². The van der Waals surface area contributed by atoms with Crippen LogP contribution < -0.4 is 0 Å². The van der Waals surface area contributed by atoms with Crippen molar-refractivity contribution in [2.75, 3.05) is 41.3 Å². The second-order valence-electron chi connectivity index (χ2n) is 6.29. The number of nitrogens with one attached hydrogen (secondary N) is 2. The summed E-state index contributed by atoms with van der Waals surface area (Å²) in [5.74, 6) is 1.12. The summed E-state index contributed by atoms with van der Waals surface area (Å²) in [6.07, 6.45) is 0. The average molecular weight is 300 g/mol. The van der Waals surface area contributed by atoms with Crippen LogP contribution in [0, 0.1) is 10.8 Å². The standard InChI is InChI=1S/C16H24N6/c1-19-9-13(21(3)15(19)17)11-7-5-6-8-12(11)14-10-20(2)16(18)22(14)4/h5-8,13-14,17-18H,9-10H2,1-4H3. The SMILES string of the molecule is CN1CC(c2ccccc2C2CN(C)C(=N)N2C)N(C)C1=N. The molecule has 22 heavy (non-hydrogen) atoms. The minimum atomic E-state index is 0.196. The highest BCUT2D eigenvalue weighted by Gasteiger charge is 2.36. The van der Waals surface area contributed by atoms with Gasteiger partial charge in [0, 0.05) is 41.3 Å². The van der Waals surface area contributed by atoms with E-state index in [4.69, 9.17) is 10.8 Å². The van der Waals surface area contributed by atoms with Crippen LogP contribution in [0.4, 0.5) is 0 Å². The van der Waals surface area contributed by atoms with Crippen LogP contribution in [0.3, 0.4) is 0 Å². The lowest BCUT2D eigenvalue weighted by Gasteiger charge is -2.27. The highest BCUT2D eigenvalue weighted by atomic mass is 15.4. The molecule has 0 aliphatic carbocycles. The summed E-state index contributed by atoms with van der Waals surface area (Å²) in [7, 11) is 7.90. The number of rotatable bonds is 2. The monoisotopic (exact) mass is 300 g/mol. The third kappa shape index (κ3) is 2.10. The number of hydrogen-bond acceptors (Lipinski definition) is 2. The van der Waals surface area contributed by atoms with E-state index >= 15 is 0 Å². The average Bonchev–Trinajstić information content (AvgIpc) is 2.92. The Labute approximate surface area is 131 Å². The van der Waals surface area contributed by atoms with Crippen molar-refractivity contribution in [3.63, 3.8) is 0 Å². The minimum Gasteiger partial charge on any atom is -0.344 e. The highest BCUT2D eigenvalue weighted by Crippen LogP contribution is 2.35. The first-order valence-electron chi connectivity index (χ1n) is 7.55. The molecular weight excluding hydrogens is 276 g/mol. The number of likely N-dealkylation sites (N-methyl/N-ethyl adjacent to an activating group) is 4. The molecule has 0 bridgehead atoms. The summed E-state index contributed by atoms with van der Waals surface area (Å²) in [5.41, 5.74) is 2.53.